The fraction of sp³-hybridized carbons (Fsp3) is 0.100. The SMILES string of the molecule is CCOc1ccc(NC(=O)c2cccc(NC(=O)c3cccs3)c2)cc1. The highest BCUT2D eigenvalue weighted by atomic mass is 32.1. The highest BCUT2D eigenvalue weighted by molar-refractivity contribution is 7.12. The van der Waals surface area contributed by atoms with Gasteiger partial charge in [-0.1, -0.05) is 12.1 Å². The summed E-state index contributed by atoms with van der Waals surface area (Å²) in [6, 6.07) is 17.6. The lowest BCUT2D eigenvalue weighted by Crippen LogP contribution is -2.14. The maximum Gasteiger partial charge on any atom is 0.265 e. The summed E-state index contributed by atoms with van der Waals surface area (Å²) in [5.41, 5.74) is 1.71. The molecule has 0 saturated heterocycles. The molecule has 0 atom stereocenters. The van der Waals surface area contributed by atoms with Crippen molar-refractivity contribution in [3.63, 3.8) is 0 Å². The van der Waals surface area contributed by atoms with Crippen LogP contribution < -0.4 is 15.4 Å². The predicted molar refractivity (Wildman–Crippen MR) is 104 cm³/mol. The molecule has 5 nitrogen and oxygen atoms in total. The number of ether oxygens (including phenoxy) is 1. The number of amides is 2. The van der Waals surface area contributed by atoms with Gasteiger partial charge in [-0.25, -0.2) is 0 Å². The zero-order chi connectivity index (χ0) is 18.4. The van der Waals surface area contributed by atoms with Crippen molar-refractivity contribution in [2.24, 2.45) is 0 Å². The first-order valence-electron chi connectivity index (χ1n) is 8.15. The van der Waals surface area contributed by atoms with Gasteiger partial charge in [0, 0.05) is 16.9 Å². The molecule has 26 heavy (non-hydrogen) atoms. The van der Waals surface area contributed by atoms with E-state index >= 15 is 0 Å². The van der Waals surface area contributed by atoms with Gasteiger partial charge in [-0.15, -0.1) is 11.3 Å². The highest BCUT2D eigenvalue weighted by Gasteiger charge is 2.10. The van der Waals surface area contributed by atoms with E-state index in [2.05, 4.69) is 10.6 Å². The summed E-state index contributed by atoms with van der Waals surface area (Å²) >= 11 is 1.37. The molecule has 1 heterocycles. The van der Waals surface area contributed by atoms with E-state index in [1.165, 1.54) is 11.3 Å². The number of benzene rings is 2. The number of anilines is 2. The van der Waals surface area contributed by atoms with Crippen LogP contribution in [0.5, 0.6) is 5.75 Å². The van der Waals surface area contributed by atoms with Crippen molar-refractivity contribution in [2.45, 2.75) is 6.92 Å². The third-order valence-electron chi connectivity index (χ3n) is 3.55. The van der Waals surface area contributed by atoms with E-state index in [0.717, 1.165) is 5.75 Å². The zero-order valence-corrected chi connectivity index (χ0v) is 15.0. The number of thiophene rings is 1. The minimum Gasteiger partial charge on any atom is -0.494 e. The molecule has 132 valence electrons. The van der Waals surface area contributed by atoms with Crippen molar-refractivity contribution in [1.29, 1.82) is 0 Å². The average Bonchev–Trinajstić information content (AvgIpc) is 3.19. The van der Waals surface area contributed by atoms with E-state index in [-0.39, 0.29) is 11.8 Å². The quantitative estimate of drug-likeness (QED) is 0.667. The molecule has 3 aromatic rings. The molecule has 2 aromatic carbocycles. The average molecular weight is 366 g/mol. The van der Waals surface area contributed by atoms with E-state index in [1.54, 1.807) is 54.6 Å². The van der Waals surface area contributed by atoms with Gasteiger partial charge in [-0.05, 0) is 60.8 Å². The van der Waals surface area contributed by atoms with Crippen LogP contribution in [0.1, 0.15) is 27.0 Å². The van der Waals surface area contributed by atoms with Gasteiger partial charge in [0.1, 0.15) is 5.75 Å². The Morgan fingerprint density at radius 3 is 2.38 bits per heavy atom. The Kier molecular flexibility index (Phi) is 5.66. The van der Waals surface area contributed by atoms with Crippen molar-refractivity contribution in [2.75, 3.05) is 17.2 Å². The molecule has 2 N–H and O–H groups in total. The topological polar surface area (TPSA) is 67.4 Å². The lowest BCUT2D eigenvalue weighted by molar-refractivity contribution is 0.101. The molecule has 6 heteroatoms. The van der Waals surface area contributed by atoms with Gasteiger partial charge in [-0.3, -0.25) is 9.59 Å². The van der Waals surface area contributed by atoms with Crippen LogP contribution in [0.25, 0.3) is 0 Å². The second-order valence-electron chi connectivity index (χ2n) is 5.42. The van der Waals surface area contributed by atoms with Crippen LogP contribution in [0.4, 0.5) is 11.4 Å². The molecule has 0 unspecified atom stereocenters. The minimum atomic E-state index is -0.249. The van der Waals surface area contributed by atoms with Crippen LogP contribution in [0.2, 0.25) is 0 Å². The van der Waals surface area contributed by atoms with Crippen LogP contribution in [0.3, 0.4) is 0 Å². The zero-order valence-electron chi connectivity index (χ0n) is 14.2. The standard InChI is InChI=1S/C20H18N2O3S/c1-2-25-17-10-8-15(9-11-17)21-19(23)14-5-3-6-16(13-14)22-20(24)18-7-4-12-26-18/h3-13H,2H2,1H3,(H,21,23)(H,22,24). The molecule has 0 radical (unpaired) electrons. The number of carbonyl (C=O) groups excluding carboxylic acids is 2. The van der Waals surface area contributed by atoms with E-state index in [0.29, 0.717) is 28.4 Å². The monoisotopic (exact) mass is 366 g/mol. The Morgan fingerprint density at radius 1 is 0.923 bits per heavy atom. The fourth-order valence-corrected chi connectivity index (χ4v) is 2.96. The Hall–Kier alpha value is -3.12. The Bertz CT molecular complexity index is 890. The lowest BCUT2D eigenvalue weighted by Gasteiger charge is -2.09. The summed E-state index contributed by atoms with van der Waals surface area (Å²) < 4.78 is 5.38. The van der Waals surface area contributed by atoms with Gasteiger partial charge in [0.2, 0.25) is 0 Å². The molecule has 3 rings (SSSR count). The molecule has 0 fully saturated rings. The van der Waals surface area contributed by atoms with Crippen molar-refractivity contribution in [1.82, 2.24) is 0 Å². The maximum atomic E-state index is 12.4. The highest BCUT2D eigenvalue weighted by Crippen LogP contribution is 2.18. The first kappa shape index (κ1) is 17.7. The first-order chi connectivity index (χ1) is 12.7. The van der Waals surface area contributed by atoms with Gasteiger partial charge >= 0.3 is 0 Å². The normalized spacial score (nSPS) is 10.2. The van der Waals surface area contributed by atoms with Crippen LogP contribution in [0.15, 0.2) is 66.0 Å². The number of nitrogens with one attached hydrogen (secondary N) is 2. The van der Waals surface area contributed by atoms with Crippen LogP contribution in [-0.4, -0.2) is 18.4 Å². The van der Waals surface area contributed by atoms with Gasteiger partial charge in [0.25, 0.3) is 11.8 Å². The number of carbonyl (C=O) groups is 2. The molecule has 2 amide bonds. The summed E-state index contributed by atoms with van der Waals surface area (Å²) in [4.78, 5) is 25.2. The lowest BCUT2D eigenvalue weighted by atomic mass is 10.1. The van der Waals surface area contributed by atoms with Crippen molar-refractivity contribution >= 4 is 34.5 Å². The third kappa shape index (κ3) is 4.49. The van der Waals surface area contributed by atoms with E-state index in [9.17, 15) is 9.59 Å². The largest absolute Gasteiger partial charge is 0.494 e. The molecule has 0 aliphatic carbocycles. The molecule has 0 bridgehead atoms. The molecular formula is C20H18N2O3S. The molecule has 0 saturated carbocycles. The Labute approximate surface area is 155 Å². The first-order valence-corrected chi connectivity index (χ1v) is 9.03. The van der Waals surface area contributed by atoms with Gasteiger partial charge in [-0.2, -0.15) is 0 Å². The summed E-state index contributed by atoms with van der Waals surface area (Å²) in [7, 11) is 0. The van der Waals surface area contributed by atoms with Gasteiger partial charge in [0.15, 0.2) is 0 Å². The van der Waals surface area contributed by atoms with Crippen molar-refractivity contribution in [3.05, 3.63) is 76.5 Å². The van der Waals surface area contributed by atoms with Crippen LogP contribution in [0, 0.1) is 0 Å². The molecule has 0 aliphatic heterocycles. The smallest absolute Gasteiger partial charge is 0.265 e. The maximum absolute atomic E-state index is 12.4. The predicted octanol–water partition coefficient (Wildman–Crippen LogP) is 4.65. The van der Waals surface area contributed by atoms with Crippen molar-refractivity contribution in [3.8, 4) is 5.75 Å². The van der Waals surface area contributed by atoms with Gasteiger partial charge < -0.3 is 15.4 Å². The van der Waals surface area contributed by atoms with E-state index in [1.807, 2.05) is 18.4 Å². The third-order valence-corrected chi connectivity index (χ3v) is 4.42. The molecular weight excluding hydrogens is 348 g/mol. The van der Waals surface area contributed by atoms with E-state index < -0.39 is 0 Å². The number of hydrogen-bond donors (Lipinski definition) is 2. The van der Waals surface area contributed by atoms with Gasteiger partial charge in [0.05, 0.1) is 11.5 Å². The number of hydrogen-bond acceptors (Lipinski definition) is 4. The summed E-state index contributed by atoms with van der Waals surface area (Å²) in [5.74, 6) is 0.314. The second-order valence-corrected chi connectivity index (χ2v) is 6.37. The Morgan fingerprint density at radius 2 is 1.69 bits per heavy atom. The summed E-state index contributed by atoms with van der Waals surface area (Å²) in [5, 5.41) is 7.47. The fourth-order valence-electron chi connectivity index (χ4n) is 2.34. The molecule has 0 spiro atoms. The second kappa shape index (κ2) is 8.31. The molecule has 0 aliphatic rings. The van der Waals surface area contributed by atoms with Crippen LogP contribution >= 0.6 is 11.3 Å². The van der Waals surface area contributed by atoms with Crippen LogP contribution in [-0.2, 0) is 0 Å². The Balaban J connectivity index is 1.67. The summed E-state index contributed by atoms with van der Waals surface area (Å²) in [6.45, 7) is 2.51. The number of rotatable bonds is 6. The minimum absolute atomic E-state index is 0.191. The van der Waals surface area contributed by atoms with E-state index in [4.69, 9.17) is 4.74 Å². The summed E-state index contributed by atoms with van der Waals surface area (Å²) in [6.07, 6.45) is 0. The van der Waals surface area contributed by atoms with Crippen molar-refractivity contribution < 1.29 is 14.3 Å². The molecule has 1 aromatic heterocycles.